The summed E-state index contributed by atoms with van der Waals surface area (Å²) >= 11 is 0. The molecule has 0 aromatic carbocycles. The molecule has 13 heavy (non-hydrogen) atoms. The van der Waals surface area contributed by atoms with Crippen LogP contribution < -0.4 is 0 Å². The fourth-order valence-corrected chi connectivity index (χ4v) is 1.53. The third-order valence-electron chi connectivity index (χ3n) is 1.35. The van der Waals surface area contributed by atoms with Crippen LogP contribution in [0.1, 0.15) is 27.2 Å². The Morgan fingerprint density at radius 3 is 2.62 bits per heavy atom. The second-order valence-corrected chi connectivity index (χ2v) is 4.69. The minimum Gasteiger partial charge on any atom is -0.489 e. The van der Waals surface area contributed by atoms with Gasteiger partial charge in [0.25, 0.3) is 5.97 Å². The van der Waals surface area contributed by atoms with Crippen LogP contribution in [0.15, 0.2) is 12.3 Å². The highest BCUT2D eigenvalue weighted by Gasteiger charge is 2.14. The van der Waals surface area contributed by atoms with Gasteiger partial charge in [0.05, 0.1) is 0 Å². The molecule has 0 saturated heterocycles. The molecule has 0 rings (SSSR count). The van der Waals surface area contributed by atoms with Gasteiger partial charge in [-0.15, -0.1) is 6.58 Å². The first-order chi connectivity index (χ1) is 6.06. The first-order valence-corrected chi connectivity index (χ1v) is 5.76. The molecule has 0 aromatic rings. The highest BCUT2D eigenvalue weighted by atomic mass is 28.3. The summed E-state index contributed by atoms with van der Waals surface area (Å²) in [5, 5.41) is 0. The Morgan fingerprint density at radius 1 is 1.62 bits per heavy atom. The minimum absolute atomic E-state index is 0.307. The van der Waals surface area contributed by atoms with E-state index in [9.17, 15) is 4.79 Å². The molecule has 0 aromatic heterocycles. The predicted molar refractivity (Wildman–Crippen MR) is 53.1 cm³/mol. The average molecular weight is 201 g/mol. The number of hydrogen-bond acceptors (Lipinski definition) is 3. The molecular weight excluding hydrogens is 184 g/mol. The molecule has 0 atom stereocenters. The van der Waals surface area contributed by atoms with E-state index in [0.29, 0.717) is 12.5 Å². The Hall–Kier alpha value is -0.613. The molecule has 0 aliphatic carbocycles. The minimum atomic E-state index is -1.56. The Balaban J connectivity index is 3.59. The van der Waals surface area contributed by atoms with Crippen LogP contribution >= 0.6 is 0 Å². The van der Waals surface area contributed by atoms with Crippen molar-refractivity contribution in [3.63, 3.8) is 0 Å². The van der Waals surface area contributed by atoms with Crippen LogP contribution in [0.3, 0.4) is 0 Å². The molecule has 4 heteroatoms. The van der Waals surface area contributed by atoms with Crippen molar-refractivity contribution in [2.24, 2.45) is 5.92 Å². The third kappa shape index (κ3) is 7.74. The van der Waals surface area contributed by atoms with Gasteiger partial charge < -0.3 is 8.85 Å². The predicted octanol–water partition coefficient (Wildman–Crippen LogP) is 1.83. The Morgan fingerprint density at radius 2 is 2.23 bits per heavy atom. The van der Waals surface area contributed by atoms with Gasteiger partial charge >= 0.3 is 9.28 Å². The van der Waals surface area contributed by atoms with Crippen molar-refractivity contribution in [3.05, 3.63) is 12.3 Å². The Kier molecular flexibility index (Phi) is 6.53. The SMILES string of the molecule is C=C[Si](OCCC(C)C)OC(C)=O. The maximum absolute atomic E-state index is 10.6. The first-order valence-electron chi connectivity index (χ1n) is 4.37. The van der Waals surface area contributed by atoms with Gasteiger partial charge in [0, 0.05) is 13.5 Å². The van der Waals surface area contributed by atoms with Crippen molar-refractivity contribution in [1.29, 1.82) is 0 Å². The quantitative estimate of drug-likeness (QED) is 0.615. The molecule has 0 heterocycles. The number of rotatable bonds is 6. The molecule has 0 fully saturated rings. The highest BCUT2D eigenvalue weighted by molar-refractivity contribution is 6.52. The van der Waals surface area contributed by atoms with Crippen molar-refractivity contribution >= 4 is 15.3 Å². The molecule has 3 nitrogen and oxygen atoms in total. The van der Waals surface area contributed by atoms with Gasteiger partial charge in [-0.1, -0.05) is 13.8 Å². The van der Waals surface area contributed by atoms with E-state index in [1.165, 1.54) is 6.92 Å². The first kappa shape index (κ1) is 12.4. The summed E-state index contributed by atoms with van der Waals surface area (Å²) in [5.41, 5.74) is 1.58. The number of hydrogen-bond donors (Lipinski definition) is 0. The van der Waals surface area contributed by atoms with Crippen LogP contribution in [0.2, 0.25) is 0 Å². The summed E-state index contributed by atoms with van der Waals surface area (Å²) in [7, 11) is -1.56. The van der Waals surface area contributed by atoms with Gasteiger partial charge in [-0.3, -0.25) is 4.79 Å². The normalized spacial score (nSPS) is 10.5. The van der Waals surface area contributed by atoms with Crippen molar-refractivity contribution < 1.29 is 13.6 Å². The van der Waals surface area contributed by atoms with Crippen LogP contribution in [0.5, 0.6) is 0 Å². The summed E-state index contributed by atoms with van der Waals surface area (Å²) in [5.74, 6) is 0.295. The summed E-state index contributed by atoms with van der Waals surface area (Å²) in [4.78, 5) is 10.6. The summed E-state index contributed by atoms with van der Waals surface area (Å²) in [6.45, 7) is 9.80. The molecule has 0 spiro atoms. The van der Waals surface area contributed by atoms with Crippen molar-refractivity contribution in [2.75, 3.05) is 6.61 Å². The molecule has 1 radical (unpaired) electrons. The lowest BCUT2D eigenvalue weighted by atomic mass is 10.2. The second-order valence-electron chi connectivity index (χ2n) is 3.15. The van der Waals surface area contributed by atoms with Crippen LogP contribution in [0, 0.1) is 5.92 Å². The van der Waals surface area contributed by atoms with Gasteiger partial charge in [0.1, 0.15) is 0 Å². The fraction of sp³-hybridized carbons (Fsp3) is 0.667. The summed E-state index contributed by atoms with van der Waals surface area (Å²) in [6, 6.07) is 0. The Bertz CT molecular complexity index is 168. The van der Waals surface area contributed by atoms with Gasteiger partial charge in [-0.25, -0.2) is 0 Å². The summed E-state index contributed by atoms with van der Waals surface area (Å²) < 4.78 is 10.3. The van der Waals surface area contributed by atoms with Crippen molar-refractivity contribution in [2.45, 2.75) is 27.2 Å². The number of carbonyl (C=O) groups is 1. The molecule has 0 aliphatic heterocycles. The largest absolute Gasteiger partial charge is 0.490 e. The second kappa shape index (κ2) is 6.86. The highest BCUT2D eigenvalue weighted by Crippen LogP contribution is 2.01. The van der Waals surface area contributed by atoms with E-state index in [2.05, 4.69) is 20.4 Å². The van der Waals surface area contributed by atoms with E-state index in [0.717, 1.165) is 6.42 Å². The van der Waals surface area contributed by atoms with Crippen molar-refractivity contribution in [1.82, 2.24) is 0 Å². The summed E-state index contributed by atoms with van der Waals surface area (Å²) in [6.07, 6.45) is 0.975. The lowest BCUT2D eigenvalue weighted by Gasteiger charge is -2.10. The molecular formula is C9H17O3Si. The lowest BCUT2D eigenvalue weighted by molar-refractivity contribution is -0.133. The van der Waals surface area contributed by atoms with Gasteiger partial charge in [0.2, 0.25) is 0 Å². The van der Waals surface area contributed by atoms with Crippen LogP contribution in [0.4, 0.5) is 0 Å². The van der Waals surface area contributed by atoms with E-state index in [4.69, 9.17) is 8.85 Å². The van der Waals surface area contributed by atoms with Gasteiger partial charge in [-0.2, -0.15) is 0 Å². The maximum Gasteiger partial charge on any atom is 0.490 e. The van der Waals surface area contributed by atoms with E-state index in [1.54, 1.807) is 5.70 Å². The molecule has 0 saturated carbocycles. The third-order valence-corrected chi connectivity index (χ3v) is 2.66. The van der Waals surface area contributed by atoms with E-state index in [1.807, 2.05) is 0 Å². The van der Waals surface area contributed by atoms with Gasteiger partial charge in [0.15, 0.2) is 0 Å². The van der Waals surface area contributed by atoms with Crippen molar-refractivity contribution in [3.8, 4) is 0 Å². The van der Waals surface area contributed by atoms with Gasteiger partial charge in [-0.05, 0) is 18.0 Å². The Labute approximate surface area is 81.6 Å². The topological polar surface area (TPSA) is 35.5 Å². The van der Waals surface area contributed by atoms with Crippen LogP contribution in [-0.2, 0) is 13.6 Å². The monoisotopic (exact) mass is 201 g/mol. The van der Waals surface area contributed by atoms with Crippen LogP contribution in [-0.4, -0.2) is 21.9 Å². The zero-order valence-electron chi connectivity index (χ0n) is 8.50. The van der Waals surface area contributed by atoms with E-state index in [-0.39, 0.29) is 5.97 Å². The zero-order chi connectivity index (χ0) is 10.3. The molecule has 0 amide bonds. The fourth-order valence-electron chi connectivity index (χ4n) is 0.667. The average Bonchev–Trinajstić information content (AvgIpc) is 2.01. The molecule has 75 valence electrons. The van der Waals surface area contributed by atoms with E-state index < -0.39 is 9.28 Å². The standard InChI is InChI=1S/C9H17O3Si/c1-5-13(12-9(4)10)11-7-6-8(2)3/h5,8H,1,6-7H2,2-4H3. The van der Waals surface area contributed by atoms with E-state index >= 15 is 0 Å². The van der Waals surface area contributed by atoms with Crippen LogP contribution in [0.25, 0.3) is 0 Å². The molecule has 0 unspecified atom stereocenters. The zero-order valence-corrected chi connectivity index (χ0v) is 9.50. The molecule has 0 N–H and O–H groups in total. The smallest absolute Gasteiger partial charge is 0.489 e. The molecule has 0 aliphatic rings. The maximum atomic E-state index is 10.6. The molecule has 0 bridgehead atoms. The number of carbonyl (C=O) groups excluding carboxylic acids is 1. The lowest BCUT2D eigenvalue weighted by Crippen LogP contribution is -2.23.